The Bertz CT molecular complexity index is 1100. The van der Waals surface area contributed by atoms with Crippen molar-refractivity contribution in [2.45, 2.75) is 43.2 Å². The van der Waals surface area contributed by atoms with E-state index >= 15 is 0 Å². The normalized spacial score (nSPS) is 16.9. The summed E-state index contributed by atoms with van der Waals surface area (Å²) in [5.74, 6) is -2.28. The van der Waals surface area contributed by atoms with Crippen molar-refractivity contribution >= 4 is 27.8 Å². The number of likely N-dealkylation sites (tertiary alicyclic amines) is 1. The number of carboxylic acid groups (broad SMARTS) is 1. The van der Waals surface area contributed by atoms with E-state index in [1.807, 2.05) is 13.0 Å². The van der Waals surface area contributed by atoms with Gasteiger partial charge in [-0.15, -0.1) is 0 Å². The van der Waals surface area contributed by atoms with E-state index in [1.165, 1.54) is 17.0 Å². The number of amides is 2. The number of aliphatic carboxylic acids is 1. The third kappa shape index (κ3) is 6.39. The Labute approximate surface area is 192 Å². The Morgan fingerprint density at radius 1 is 1.09 bits per heavy atom. The number of carbonyl (C=O) groups excluding carboxylic acids is 2. The summed E-state index contributed by atoms with van der Waals surface area (Å²) < 4.78 is 28.2. The quantitative estimate of drug-likeness (QED) is 0.499. The molecule has 0 aliphatic carbocycles. The van der Waals surface area contributed by atoms with Crippen LogP contribution >= 0.6 is 0 Å². The maximum atomic E-state index is 12.9. The highest BCUT2D eigenvalue weighted by Gasteiger charge is 2.34. The first kappa shape index (κ1) is 24.4. The van der Waals surface area contributed by atoms with Crippen LogP contribution in [-0.2, 0) is 30.8 Å². The van der Waals surface area contributed by atoms with E-state index in [1.54, 1.807) is 36.4 Å². The summed E-state index contributed by atoms with van der Waals surface area (Å²) in [5, 5.41) is 11.7. The number of hydrogen-bond donors (Lipinski definition) is 3. The van der Waals surface area contributed by atoms with Crippen LogP contribution in [0.2, 0.25) is 0 Å². The third-order valence-electron chi connectivity index (χ3n) is 5.50. The van der Waals surface area contributed by atoms with Crippen molar-refractivity contribution in [2.24, 2.45) is 0 Å². The predicted octanol–water partition coefficient (Wildman–Crippen LogP) is 1.08. The lowest BCUT2D eigenvalue weighted by atomic mass is 10.1. The van der Waals surface area contributed by atoms with Crippen molar-refractivity contribution in [2.75, 3.05) is 13.1 Å². The molecule has 1 aliphatic rings. The van der Waals surface area contributed by atoms with Crippen molar-refractivity contribution in [1.82, 2.24) is 14.9 Å². The van der Waals surface area contributed by atoms with Crippen molar-refractivity contribution in [1.29, 1.82) is 0 Å². The zero-order valence-electron chi connectivity index (χ0n) is 18.2. The van der Waals surface area contributed by atoms with E-state index in [0.717, 1.165) is 11.1 Å². The van der Waals surface area contributed by atoms with E-state index in [-0.39, 0.29) is 11.3 Å². The molecule has 2 aromatic rings. The second kappa shape index (κ2) is 10.6. The number of rotatable bonds is 9. The van der Waals surface area contributed by atoms with Gasteiger partial charge >= 0.3 is 5.97 Å². The fraction of sp³-hybridized carbons (Fsp3) is 0.348. The van der Waals surface area contributed by atoms with Crippen LogP contribution in [0.3, 0.4) is 0 Å². The molecule has 1 fully saturated rings. The first-order valence-electron chi connectivity index (χ1n) is 10.6. The smallest absolute Gasteiger partial charge is 0.326 e. The molecule has 1 heterocycles. The van der Waals surface area contributed by atoms with Gasteiger partial charge in [0, 0.05) is 6.54 Å². The molecule has 3 N–H and O–H groups in total. The Balaban J connectivity index is 1.73. The summed E-state index contributed by atoms with van der Waals surface area (Å²) in [6.07, 6.45) is 1.01. The molecule has 33 heavy (non-hydrogen) atoms. The number of carboxylic acids is 1. The van der Waals surface area contributed by atoms with E-state index in [4.69, 9.17) is 0 Å². The summed E-state index contributed by atoms with van der Waals surface area (Å²) in [4.78, 5) is 38.0. The molecule has 0 bridgehead atoms. The summed E-state index contributed by atoms with van der Waals surface area (Å²) in [5.41, 5.74) is 1.63. The number of sulfonamides is 1. The molecular formula is C23H27N3O6S. The molecule has 0 radical (unpaired) electrons. The van der Waals surface area contributed by atoms with Crippen LogP contribution in [0, 0.1) is 6.92 Å². The van der Waals surface area contributed by atoms with Gasteiger partial charge in [-0.3, -0.25) is 9.59 Å². The summed E-state index contributed by atoms with van der Waals surface area (Å²) >= 11 is 0. The Morgan fingerprint density at radius 3 is 2.39 bits per heavy atom. The van der Waals surface area contributed by atoms with Gasteiger partial charge in [-0.25, -0.2) is 13.2 Å². The molecule has 2 atom stereocenters. The summed E-state index contributed by atoms with van der Waals surface area (Å²) in [6.45, 7) is 1.72. The lowest BCUT2D eigenvalue weighted by Gasteiger charge is -2.23. The zero-order chi connectivity index (χ0) is 24.0. The second-order valence-electron chi connectivity index (χ2n) is 7.98. The number of nitrogens with zero attached hydrogens (tertiary/aromatic N) is 1. The first-order valence-corrected chi connectivity index (χ1v) is 12.1. The maximum Gasteiger partial charge on any atom is 0.326 e. The molecule has 0 saturated carbocycles. The number of carbonyl (C=O) groups is 3. The van der Waals surface area contributed by atoms with E-state index in [2.05, 4.69) is 10.0 Å². The summed E-state index contributed by atoms with van der Waals surface area (Å²) in [6, 6.07) is 13.1. The highest BCUT2D eigenvalue weighted by molar-refractivity contribution is 7.89. The molecule has 9 nitrogen and oxygen atoms in total. The van der Waals surface area contributed by atoms with Crippen LogP contribution in [0.25, 0.3) is 0 Å². The molecule has 0 aromatic heterocycles. The molecule has 176 valence electrons. The fourth-order valence-corrected chi connectivity index (χ4v) is 4.92. The molecule has 1 saturated heterocycles. The Kier molecular flexibility index (Phi) is 7.83. The van der Waals surface area contributed by atoms with E-state index in [0.29, 0.717) is 19.4 Å². The van der Waals surface area contributed by atoms with Gasteiger partial charge < -0.3 is 15.3 Å². The van der Waals surface area contributed by atoms with Crippen LogP contribution < -0.4 is 10.0 Å². The van der Waals surface area contributed by atoms with Gasteiger partial charge in [0.2, 0.25) is 21.8 Å². The molecule has 0 spiro atoms. The first-order chi connectivity index (χ1) is 15.7. The SMILES string of the molecule is Cc1ccc(S(=O)(=O)N[C@@H](Cc2ccccc2)C(=O)NCC(=O)N2CCC[C@H]2C(=O)O)cc1. The van der Waals surface area contributed by atoms with Crippen molar-refractivity contribution < 1.29 is 27.9 Å². The fourth-order valence-electron chi connectivity index (χ4n) is 3.72. The van der Waals surface area contributed by atoms with Crippen molar-refractivity contribution in [3.8, 4) is 0 Å². The van der Waals surface area contributed by atoms with Gasteiger partial charge in [0.05, 0.1) is 11.4 Å². The number of aryl methyl sites for hydroxylation is 1. The van der Waals surface area contributed by atoms with Crippen LogP contribution in [0.1, 0.15) is 24.0 Å². The van der Waals surface area contributed by atoms with Crippen LogP contribution in [0.5, 0.6) is 0 Å². The average Bonchev–Trinajstić information content (AvgIpc) is 3.28. The monoisotopic (exact) mass is 473 g/mol. The molecular weight excluding hydrogens is 446 g/mol. The standard InChI is InChI=1S/C23H27N3O6S/c1-16-9-11-18(12-10-16)33(31,32)25-19(14-17-6-3-2-4-7-17)22(28)24-15-21(27)26-13-5-8-20(26)23(29)30/h2-4,6-7,9-12,19-20,25H,5,8,13-15H2,1H3,(H,24,28)(H,29,30)/t19-,20-/m0/s1. The van der Waals surface area contributed by atoms with Crippen LogP contribution in [-0.4, -0.2) is 61.4 Å². The number of nitrogens with one attached hydrogen (secondary N) is 2. The highest BCUT2D eigenvalue weighted by atomic mass is 32.2. The topological polar surface area (TPSA) is 133 Å². The minimum absolute atomic E-state index is 0.0244. The molecule has 3 rings (SSSR count). The van der Waals surface area contributed by atoms with E-state index < -0.39 is 46.4 Å². The van der Waals surface area contributed by atoms with Gasteiger partial charge in [-0.1, -0.05) is 48.0 Å². The predicted molar refractivity (Wildman–Crippen MR) is 121 cm³/mol. The molecule has 1 aliphatic heterocycles. The van der Waals surface area contributed by atoms with Gasteiger partial charge in [-0.05, 0) is 43.9 Å². The number of benzene rings is 2. The Morgan fingerprint density at radius 2 is 1.76 bits per heavy atom. The Hall–Kier alpha value is -3.24. The number of hydrogen-bond acceptors (Lipinski definition) is 5. The molecule has 10 heteroatoms. The van der Waals surface area contributed by atoms with Gasteiger partial charge in [0.1, 0.15) is 12.1 Å². The minimum Gasteiger partial charge on any atom is -0.480 e. The van der Waals surface area contributed by atoms with Crippen LogP contribution in [0.15, 0.2) is 59.5 Å². The largest absolute Gasteiger partial charge is 0.480 e. The van der Waals surface area contributed by atoms with E-state index in [9.17, 15) is 27.9 Å². The van der Waals surface area contributed by atoms with Gasteiger partial charge in [0.15, 0.2) is 0 Å². The van der Waals surface area contributed by atoms with Crippen molar-refractivity contribution in [3.63, 3.8) is 0 Å². The molecule has 0 unspecified atom stereocenters. The highest BCUT2D eigenvalue weighted by Crippen LogP contribution is 2.17. The van der Waals surface area contributed by atoms with Gasteiger partial charge in [0.25, 0.3) is 0 Å². The third-order valence-corrected chi connectivity index (χ3v) is 6.99. The van der Waals surface area contributed by atoms with Crippen LogP contribution in [0.4, 0.5) is 0 Å². The maximum absolute atomic E-state index is 12.9. The average molecular weight is 474 g/mol. The molecule has 2 amide bonds. The lowest BCUT2D eigenvalue weighted by Crippen LogP contribution is -2.51. The van der Waals surface area contributed by atoms with Gasteiger partial charge in [-0.2, -0.15) is 4.72 Å². The van der Waals surface area contributed by atoms with Crippen molar-refractivity contribution in [3.05, 3.63) is 65.7 Å². The summed E-state index contributed by atoms with van der Waals surface area (Å²) in [7, 11) is -4.00. The zero-order valence-corrected chi connectivity index (χ0v) is 19.0. The second-order valence-corrected chi connectivity index (χ2v) is 9.69. The lowest BCUT2D eigenvalue weighted by molar-refractivity contribution is -0.148. The minimum atomic E-state index is -4.00. The molecule has 2 aromatic carbocycles.